The lowest BCUT2D eigenvalue weighted by molar-refractivity contribution is -0.123. The number of carbonyl (C=O) groups is 2. The van der Waals surface area contributed by atoms with Crippen LogP contribution in [0.25, 0.3) is 5.57 Å². The first kappa shape index (κ1) is 26.8. The van der Waals surface area contributed by atoms with Gasteiger partial charge in [-0.25, -0.2) is 4.79 Å². The van der Waals surface area contributed by atoms with Crippen LogP contribution in [0.3, 0.4) is 0 Å². The van der Waals surface area contributed by atoms with E-state index in [1.807, 2.05) is 36.5 Å². The standard InChI is InChI=1S/C28H33N9O3/c1-4-25(38)36-12-11-20(18-36)19-5-7-21(8-6-19)31-28(39)37-26(29)32-27(33-37)30-22-9-10-23(24(17-22)40-3)35-15-13-34(2)14-16-35/h4-10,17-18H,1,11-16H2,2-3H3,(H,31,39)(H3,29,30,32,33). The highest BCUT2D eigenvalue weighted by atomic mass is 16.5. The molecule has 4 N–H and O–H groups in total. The minimum Gasteiger partial charge on any atom is -0.495 e. The number of methoxy groups -OCH3 is 1. The molecule has 3 aromatic rings. The maximum Gasteiger partial charge on any atom is 0.349 e. The van der Waals surface area contributed by atoms with Crippen molar-refractivity contribution in [2.24, 2.45) is 0 Å². The van der Waals surface area contributed by atoms with Crippen LogP contribution in [-0.4, -0.2) is 83.4 Å². The number of nitrogens with zero attached hydrogens (tertiary/aromatic N) is 6. The van der Waals surface area contributed by atoms with E-state index in [1.165, 1.54) is 6.08 Å². The smallest absolute Gasteiger partial charge is 0.349 e. The van der Waals surface area contributed by atoms with E-state index in [1.54, 1.807) is 24.1 Å². The summed E-state index contributed by atoms with van der Waals surface area (Å²) < 4.78 is 6.65. The summed E-state index contributed by atoms with van der Waals surface area (Å²) in [6, 6.07) is 12.6. The normalized spacial score (nSPS) is 15.5. The molecule has 0 bridgehead atoms. The predicted molar refractivity (Wildman–Crippen MR) is 156 cm³/mol. The number of nitrogens with two attached hydrogens (primary N) is 1. The molecule has 5 rings (SSSR count). The summed E-state index contributed by atoms with van der Waals surface area (Å²) in [5.41, 5.74) is 10.3. The third-order valence-corrected chi connectivity index (χ3v) is 7.00. The van der Waals surface area contributed by atoms with E-state index in [0.717, 1.165) is 59.9 Å². The zero-order chi connectivity index (χ0) is 28.2. The molecule has 0 spiro atoms. The summed E-state index contributed by atoms with van der Waals surface area (Å²) >= 11 is 0. The van der Waals surface area contributed by atoms with Gasteiger partial charge in [0.25, 0.3) is 0 Å². The van der Waals surface area contributed by atoms with Gasteiger partial charge >= 0.3 is 6.03 Å². The fourth-order valence-corrected chi connectivity index (χ4v) is 4.73. The molecule has 0 unspecified atom stereocenters. The number of likely N-dealkylation sites (N-methyl/N-ethyl adjacent to an activating group) is 1. The van der Waals surface area contributed by atoms with Gasteiger partial charge in [0.05, 0.1) is 12.8 Å². The van der Waals surface area contributed by atoms with Gasteiger partial charge in [0.2, 0.25) is 17.8 Å². The highest BCUT2D eigenvalue weighted by molar-refractivity contribution is 5.93. The minimum absolute atomic E-state index is 0.0549. The molecule has 0 atom stereocenters. The van der Waals surface area contributed by atoms with E-state index < -0.39 is 6.03 Å². The molecule has 0 aliphatic carbocycles. The molecule has 0 radical (unpaired) electrons. The van der Waals surface area contributed by atoms with Crippen LogP contribution in [-0.2, 0) is 4.79 Å². The summed E-state index contributed by atoms with van der Waals surface area (Å²) in [4.78, 5) is 35.1. The van der Waals surface area contributed by atoms with Gasteiger partial charge in [-0.2, -0.15) is 4.98 Å². The molecule has 2 aliphatic rings. The fraction of sp³-hybridized carbons (Fsp3) is 0.286. The number of carbonyl (C=O) groups excluding carboxylic acids is 2. The Labute approximate surface area is 232 Å². The van der Waals surface area contributed by atoms with Crippen LogP contribution in [0.5, 0.6) is 5.75 Å². The number of aromatic nitrogens is 3. The van der Waals surface area contributed by atoms with Gasteiger partial charge in [-0.15, -0.1) is 9.78 Å². The molecule has 3 heterocycles. The van der Waals surface area contributed by atoms with Crippen LogP contribution in [0.2, 0.25) is 0 Å². The molecule has 40 heavy (non-hydrogen) atoms. The molecule has 1 saturated heterocycles. The summed E-state index contributed by atoms with van der Waals surface area (Å²) in [5, 5.41) is 10.1. The van der Waals surface area contributed by atoms with Crippen molar-refractivity contribution in [3.63, 3.8) is 0 Å². The van der Waals surface area contributed by atoms with Crippen LogP contribution in [0.15, 0.2) is 61.3 Å². The van der Waals surface area contributed by atoms with E-state index in [2.05, 4.69) is 44.1 Å². The number of rotatable bonds is 7. The second-order valence-electron chi connectivity index (χ2n) is 9.65. The first-order valence-corrected chi connectivity index (χ1v) is 13.0. The summed E-state index contributed by atoms with van der Waals surface area (Å²) in [6.07, 6.45) is 3.88. The maximum absolute atomic E-state index is 12.9. The van der Waals surface area contributed by atoms with Gasteiger partial charge in [0.15, 0.2) is 0 Å². The molecule has 12 nitrogen and oxygen atoms in total. The average molecular weight is 544 g/mol. The number of piperazine rings is 1. The molecular weight excluding hydrogens is 510 g/mol. The molecule has 208 valence electrons. The SMILES string of the molecule is C=CC(=O)N1C=C(c2ccc(NC(=O)n3nc(Nc4ccc(N5CCN(C)CC5)c(OC)c4)nc3N)cc2)CC1. The summed E-state index contributed by atoms with van der Waals surface area (Å²) in [5.74, 6) is 0.737. The number of hydrogen-bond acceptors (Lipinski definition) is 9. The second kappa shape index (κ2) is 11.5. The van der Waals surface area contributed by atoms with Crippen LogP contribution in [0.1, 0.15) is 12.0 Å². The lowest BCUT2D eigenvalue weighted by Gasteiger charge is -2.34. The highest BCUT2D eigenvalue weighted by Crippen LogP contribution is 2.33. The minimum atomic E-state index is -0.545. The Balaban J connectivity index is 1.23. The maximum atomic E-state index is 12.9. The van der Waals surface area contributed by atoms with Crippen molar-refractivity contribution in [3.8, 4) is 5.75 Å². The van der Waals surface area contributed by atoms with Crippen molar-refractivity contribution in [3.05, 3.63) is 66.9 Å². The van der Waals surface area contributed by atoms with Crippen LogP contribution < -0.4 is 26.0 Å². The Bertz CT molecular complexity index is 1440. The number of amides is 2. The van der Waals surface area contributed by atoms with Gasteiger partial charge < -0.3 is 35.8 Å². The van der Waals surface area contributed by atoms with Crippen molar-refractivity contribution < 1.29 is 14.3 Å². The molecule has 2 aromatic carbocycles. The van der Waals surface area contributed by atoms with Gasteiger partial charge in [0, 0.05) is 56.4 Å². The van der Waals surface area contributed by atoms with Crippen molar-refractivity contribution >= 4 is 46.5 Å². The van der Waals surface area contributed by atoms with Crippen molar-refractivity contribution in [1.82, 2.24) is 24.6 Å². The zero-order valence-electron chi connectivity index (χ0n) is 22.6. The number of nitrogens with one attached hydrogen (secondary N) is 2. The summed E-state index contributed by atoms with van der Waals surface area (Å²) in [7, 11) is 3.76. The third kappa shape index (κ3) is 5.76. The third-order valence-electron chi connectivity index (χ3n) is 7.00. The molecular formula is C28H33N9O3. The van der Waals surface area contributed by atoms with Gasteiger partial charge in [-0.1, -0.05) is 18.7 Å². The zero-order valence-corrected chi connectivity index (χ0v) is 22.6. The van der Waals surface area contributed by atoms with E-state index >= 15 is 0 Å². The van der Waals surface area contributed by atoms with E-state index in [-0.39, 0.29) is 17.8 Å². The lowest BCUT2D eigenvalue weighted by atomic mass is 10.1. The number of nitrogen functional groups attached to an aromatic ring is 1. The van der Waals surface area contributed by atoms with E-state index in [9.17, 15) is 9.59 Å². The van der Waals surface area contributed by atoms with Gasteiger partial charge in [-0.05, 0) is 54.9 Å². The Kier molecular flexibility index (Phi) is 7.69. The average Bonchev–Trinajstić information content (AvgIpc) is 3.60. The lowest BCUT2D eigenvalue weighted by Crippen LogP contribution is -2.44. The number of benzene rings is 2. The monoisotopic (exact) mass is 543 g/mol. The Hall–Kier alpha value is -4.84. The quantitative estimate of drug-likeness (QED) is 0.384. The Morgan fingerprint density at radius 1 is 1.05 bits per heavy atom. The van der Waals surface area contributed by atoms with Crippen LogP contribution in [0.4, 0.5) is 33.8 Å². The first-order valence-electron chi connectivity index (χ1n) is 13.0. The van der Waals surface area contributed by atoms with Gasteiger partial charge in [-0.3, -0.25) is 4.79 Å². The fourth-order valence-electron chi connectivity index (χ4n) is 4.73. The second-order valence-corrected chi connectivity index (χ2v) is 9.65. The molecule has 0 saturated carbocycles. The number of anilines is 5. The molecule has 1 fully saturated rings. The van der Waals surface area contributed by atoms with Crippen LogP contribution >= 0.6 is 0 Å². The van der Waals surface area contributed by atoms with Crippen molar-refractivity contribution in [2.45, 2.75) is 6.42 Å². The van der Waals surface area contributed by atoms with E-state index in [0.29, 0.717) is 17.9 Å². The van der Waals surface area contributed by atoms with Crippen LogP contribution in [0, 0.1) is 0 Å². The Morgan fingerprint density at radius 2 is 1.77 bits per heavy atom. The Morgan fingerprint density at radius 3 is 2.48 bits per heavy atom. The van der Waals surface area contributed by atoms with E-state index in [4.69, 9.17) is 10.5 Å². The predicted octanol–water partition coefficient (Wildman–Crippen LogP) is 3.20. The van der Waals surface area contributed by atoms with Crippen molar-refractivity contribution in [1.29, 1.82) is 0 Å². The molecule has 2 aliphatic heterocycles. The molecule has 1 aromatic heterocycles. The molecule has 12 heteroatoms. The topological polar surface area (TPSA) is 134 Å². The summed E-state index contributed by atoms with van der Waals surface area (Å²) in [6.45, 7) is 7.98. The first-order chi connectivity index (χ1) is 19.3. The largest absolute Gasteiger partial charge is 0.495 e. The molecule has 2 amide bonds. The van der Waals surface area contributed by atoms with Gasteiger partial charge in [0.1, 0.15) is 5.75 Å². The number of ether oxygens (including phenoxy) is 1. The highest BCUT2D eigenvalue weighted by Gasteiger charge is 2.20. The number of hydrogen-bond donors (Lipinski definition) is 3. The van der Waals surface area contributed by atoms with Crippen molar-refractivity contribution in [2.75, 3.05) is 68.1 Å².